The summed E-state index contributed by atoms with van der Waals surface area (Å²) in [6.45, 7) is 7.34. The van der Waals surface area contributed by atoms with E-state index in [2.05, 4.69) is 77.4 Å². The minimum absolute atomic E-state index is 0.0324. The van der Waals surface area contributed by atoms with Crippen LogP contribution in [0.2, 0.25) is 0 Å². The van der Waals surface area contributed by atoms with E-state index in [9.17, 15) is 0 Å². The van der Waals surface area contributed by atoms with Crippen LogP contribution in [0.15, 0.2) is 39.8 Å². The van der Waals surface area contributed by atoms with Crippen LogP contribution in [-0.4, -0.2) is 17.9 Å². The van der Waals surface area contributed by atoms with E-state index in [0.717, 1.165) is 23.3 Å². The Morgan fingerprint density at radius 3 is 2.44 bits per heavy atom. The first-order valence-electron chi connectivity index (χ1n) is 6.25. The van der Waals surface area contributed by atoms with Gasteiger partial charge in [0.25, 0.3) is 0 Å². The molecular weight excluding hydrogens is 288 g/mol. The molecule has 1 heterocycles. The van der Waals surface area contributed by atoms with Crippen LogP contribution in [0.4, 0.5) is 0 Å². The van der Waals surface area contributed by atoms with Crippen molar-refractivity contribution >= 4 is 27.3 Å². The molecule has 18 heavy (non-hydrogen) atoms. The van der Waals surface area contributed by atoms with Crippen molar-refractivity contribution in [2.24, 2.45) is 4.99 Å². The van der Waals surface area contributed by atoms with Crippen molar-refractivity contribution in [2.45, 2.75) is 32.7 Å². The molecule has 0 fully saturated rings. The molecule has 1 aromatic rings. The lowest BCUT2D eigenvalue weighted by atomic mass is 9.99. The Hall–Kier alpha value is -1.09. The Morgan fingerprint density at radius 1 is 1.17 bits per heavy atom. The second-order valence-electron chi connectivity index (χ2n) is 5.52. The van der Waals surface area contributed by atoms with E-state index in [1.807, 2.05) is 0 Å². The third kappa shape index (κ3) is 3.45. The molecule has 0 radical (unpaired) electrons. The van der Waals surface area contributed by atoms with Gasteiger partial charge in [0.05, 0.1) is 0 Å². The number of nitrogens with zero attached hydrogens (tertiary/aromatic N) is 1. The third-order valence-corrected chi connectivity index (χ3v) is 3.18. The molecule has 0 spiro atoms. The fourth-order valence-electron chi connectivity index (χ4n) is 1.91. The van der Waals surface area contributed by atoms with E-state index in [-0.39, 0.29) is 5.54 Å². The van der Waals surface area contributed by atoms with Crippen molar-refractivity contribution < 1.29 is 0 Å². The standard InChI is InChI=1S/C15H19BrN2/c1-15(2,3)18-14-13(5-4-10-17-14)11-6-8-12(16)9-7-11/h5-9H,4,10H2,1-3H3,(H,17,18). The van der Waals surface area contributed by atoms with Crippen molar-refractivity contribution in [1.29, 1.82) is 0 Å². The Labute approximate surface area is 117 Å². The van der Waals surface area contributed by atoms with E-state index in [4.69, 9.17) is 0 Å². The first-order chi connectivity index (χ1) is 8.46. The monoisotopic (exact) mass is 306 g/mol. The van der Waals surface area contributed by atoms with Crippen LogP contribution in [0, 0.1) is 0 Å². The van der Waals surface area contributed by atoms with Gasteiger partial charge in [-0.1, -0.05) is 34.1 Å². The van der Waals surface area contributed by atoms with Crippen LogP contribution in [0.5, 0.6) is 0 Å². The molecule has 0 saturated heterocycles. The fourth-order valence-corrected chi connectivity index (χ4v) is 2.18. The average Bonchev–Trinajstić information content (AvgIpc) is 2.29. The lowest BCUT2D eigenvalue weighted by Crippen LogP contribution is -2.41. The number of hydrogen-bond acceptors (Lipinski definition) is 2. The molecule has 0 aliphatic carbocycles. The summed E-state index contributed by atoms with van der Waals surface area (Å²) in [6, 6.07) is 8.39. The minimum Gasteiger partial charge on any atom is -0.365 e. The molecule has 1 aromatic carbocycles. The van der Waals surface area contributed by atoms with Crippen LogP contribution in [0.1, 0.15) is 32.8 Å². The highest BCUT2D eigenvalue weighted by Gasteiger charge is 2.18. The van der Waals surface area contributed by atoms with Gasteiger partial charge in [-0.2, -0.15) is 0 Å². The first-order valence-corrected chi connectivity index (χ1v) is 7.04. The van der Waals surface area contributed by atoms with Gasteiger partial charge in [-0.3, -0.25) is 4.99 Å². The number of amidine groups is 1. The maximum absolute atomic E-state index is 4.62. The molecule has 0 unspecified atom stereocenters. The zero-order chi connectivity index (χ0) is 13.2. The van der Waals surface area contributed by atoms with Crippen LogP contribution in [0.25, 0.3) is 5.57 Å². The Bertz CT molecular complexity index is 478. The largest absolute Gasteiger partial charge is 0.365 e. The highest BCUT2D eigenvalue weighted by atomic mass is 79.9. The maximum atomic E-state index is 4.62. The molecule has 1 aliphatic heterocycles. The van der Waals surface area contributed by atoms with Gasteiger partial charge in [-0.25, -0.2) is 0 Å². The van der Waals surface area contributed by atoms with Crippen molar-refractivity contribution in [3.63, 3.8) is 0 Å². The number of hydrogen-bond donors (Lipinski definition) is 1. The van der Waals surface area contributed by atoms with Gasteiger partial charge in [0.1, 0.15) is 5.84 Å². The van der Waals surface area contributed by atoms with Gasteiger partial charge in [0.2, 0.25) is 0 Å². The Balaban J connectivity index is 2.27. The number of rotatable bonds is 1. The molecule has 0 saturated carbocycles. The fraction of sp³-hybridized carbons (Fsp3) is 0.400. The summed E-state index contributed by atoms with van der Waals surface area (Å²) in [6.07, 6.45) is 3.28. The number of benzene rings is 1. The molecule has 0 amide bonds. The van der Waals surface area contributed by atoms with E-state index in [1.165, 1.54) is 11.1 Å². The molecule has 2 rings (SSSR count). The topological polar surface area (TPSA) is 24.4 Å². The molecule has 1 aliphatic rings. The molecule has 1 N–H and O–H groups in total. The predicted octanol–water partition coefficient (Wildman–Crippen LogP) is 4.02. The summed E-state index contributed by atoms with van der Waals surface area (Å²) in [4.78, 5) is 4.62. The summed E-state index contributed by atoms with van der Waals surface area (Å²) in [5.41, 5.74) is 2.46. The quantitative estimate of drug-likeness (QED) is 0.832. The third-order valence-electron chi connectivity index (χ3n) is 2.65. The molecule has 0 bridgehead atoms. The van der Waals surface area contributed by atoms with Gasteiger partial charge in [-0.05, 0) is 44.9 Å². The number of aliphatic imine (C=N–C) groups is 1. The van der Waals surface area contributed by atoms with Gasteiger partial charge in [0.15, 0.2) is 0 Å². The second-order valence-corrected chi connectivity index (χ2v) is 6.43. The number of dihydropyridines is 1. The zero-order valence-electron chi connectivity index (χ0n) is 11.1. The van der Waals surface area contributed by atoms with Gasteiger partial charge in [0, 0.05) is 22.1 Å². The normalized spacial score (nSPS) is 16.0. The van der Waals surface area contributed by atoms with Gasteiger partial charge < -0.3 is 5.32 Å². The van der Waals surface area contributed by atoms with Crippen LogP contribution in [-0.2, 0) is 0 Å². The van der Waals surface area contributed by atoms with E-state index in [1.54, 1.807) is 0 Å². The average molecular weight is 307 g/mol. The highest BCUT2D eigenvalue weighted by molar-refractivity contribution is 9.10. The van der Waals surface area contributed by atoms with Crippen LogP contribution < -0.4 is 5.32 Å². The second kappa shape index (κ2) is 5.27. The predicted molar refractivity (Wildman–Crippen MR) is 81.9 cm³/mol. The lowest BCUT2D eigenvalue weighted by Gasteiger charge is -2.26. The molecule has 0 aromatic heterocycles. The van der Waals surface area contributed by atoms with Crippen molar-refractivity contribution in [1.82, 2.24) is 5.32 Å². The molecule has 3 heteroatoms. The number of halogens is 1. The lowest BCUT2D eigenvalue weighted by molar-refractivity contribution is 0.512. The van der Waals surface area contributed by atoms with Gasteiger partial charge >= 0.3 is 0 Å². The smallest absolute Gasteiger partial charge is 0.128 e. The van der Waals surface area contributed by atoms with Crippen LogP contribution in [0.3, 0.4) is 0 Å². The van der Waals surface area contributed by atoms with E-state index < -0.39 is 0 Å². The first kappa shape index (κ1) is 13.3. The molecule has 96 valence electrons. The molecule has 2 nitrogen and oxygen atoms in total. The SMILES string of the molecule is CC(C)(C)NC1=NCCC=C1c1ccc(Br)cc1. The van der Waals surface area contributed by atoms with Gasteiger partial charge in [-0.15, -0.1) is 0 Å². The maximum Gasteiger partial charge on any atom is 0.128 e. The Morgan fingerprint density at radius 2 is 1.83 bits per heavy atom. The highest BCUT2D eigenvalue weighted by Crippen LogP contribution is 2.22. The van der Waals surface area contributed by atoms with Crippen LogP contribution >= 0.6 is 15.9 Å². The van der Waals surface area contributed by atoms with E-state index in [0.29, 0.717) is 0 Å². The van der Waals surface area contributed by atoms with E-state index >= 15 is 0 Å². The van der Waals surface area contributed by atoms with Crippen molar-refractivity contribution in [2.75, 3.05) is 6.54 Å². The molecule has 0 atom stereocenters. The number of nitrogens with one attached hydrogen (secondary N) is 1. The summed E-state index contributed by atoms with van der Waals surface area (Å²) in [5, 5.41) is 3.49. The minimum atomic E-state index is 0.0324. The Kier molecular flexibility index (Phi) is 3.91. The molecular formula is C15H19BrN2. The zero-order valence-corrected chi connectivity index (χ0v) is 12.7. The van der Waals surface area contributed by atoms with Crippen molar-refractivity contribution in [3.05, 3.63) is 40.4 Å². The van der Waals surface area contributed by atoms with Crippen molar-refractivity contribution in [3.8, 4) is 0 Å². The summed E-state index contributed by atoms with van der Waals surface area (Å²) >= 11 is 3.47. The summed E-state index contributed by atoms with van der Waals surface area (Å²) in [7, 11) is 0. The summed E-state index contributed by atoms with van der Waals surface area (Å²) in [5.74, 6) is 1.01. The summed E-state index contributed by atoms with van der Waals surface area (Å²) < 4.78 is 1.10.